The Bertz CT molecular complexity index is 392. The van der Waals surface area contributed by atoms with Gasteiger partial charge in [-0.25, -0.2) is 0 Å². The molecule has 2 atom stereocenters. The third-order valence-electron chi connectivity index (χ3n) is 3.98. The number of nitrogens with zero attached hydrogens (tertiary/aromatic N) is 2. The Morgan fingerprint density at radius 3 is 2.56 bits per heavy atom. The maximum atomic E-state index is 9.45. The predicted molar refractivity (Wildman–Crippen MR) is 74.6 cm³/mol. The molecule has 2 heterocycles. The average Bonchev–Trinajstić information content (AvgIpc) is 2.78. The van der Waals surface area contributed by atoms with Crippen LogP contribution in [0.4, 0.5) is 5.69 Å². The first-order chi connectivity index (χ1) is 8.38. The molecule has 3 heteroatoms. The molecule has 0 aliphatic carbocycles. The fourth-order valence-electron chi connectivity index (χ4n) is 2.53. The van der Waals surface area contributed by atoms with Crippen LogP contribution in [0, 0.1) is 11.3 Å². The second-order valence-electron chi connectivity index (χ2n) is 6.41. The molecule has 2 rings (SSSR count). The predicted octanol–water partition coefficient (Wildman–Crippen LogP) is 3.01. The van der Waals surface area contributed by atoms with Gasteiger partial charge < -0.3 is 10.0 Å². The monoisotopic (exact) mass is 248 g/mol. The molecule has 0 saturated carbocycles. The lowest BCUT2D eigenvalue weighted by Crippen LogP contribution is -2.25. The highest BCUT2D eigenvalue weighted by molar-refractivity contribution is 5.45. The van der Waals surface area contributed by atoms with Crippen LogP contribution >= 0.6 is 0 Å². The van der Waals surface area contributed by atoms with Crippen LogP contribution in [-0.4, -0.2) is 23.2 Å². The fraction of sp³-hybridized carbons (Fsp3) is 0.667. The largest absolute Gasteiger partial charge is 0.387 e. The van der Waals surface area contributed by atoms with Gasteiger partial charge in [0.15, 0.2) is 0 Å². The summed E-state index contributed by atoms with van der Waals surface area (Å²) in [5.41, 5.74) is 2.29. The first-order valence-electron chi connectivity index (χ1n) is 6.77. The minimum absolute atomic E-state index is 0.377. The second kappa shape index (κ2) is 4.88. The van der Waals surface area contributed by atoms with E-state index in [0.717, 1.165) is 24.7 Å². The van der Waals surface area contributed by atoms with Gasteiger partial charge in [-0.3, -0.25) is 4.98 Å². The van der Waals surface area contributed by atoms with Crippen molar-refractivity contribution in [2.45, 2.75) is 40.2 Å². The van der Waals surface area contributed by atoms with Gasteiger partial charge in [-0.05, 0) is 36.8 Å². The fourth-order valence-corrected chi connectivity index (χ4v) is 2.53. The summed E-state index contributed by atoms with van der Waals surface area (Å²) in [6.07, 6.45) is 2.65. The van der Waals surface area contributed by atoms with Crippen molar-refractivity contribution in [1.82, 2.24) is 4.98 Å². The van der Waals surface area contributed by atoms with Crippen LogP contribution in [0.1, 0.15) is 45.9 Å². The SMILES string of the molecule is C[C@H](O)c1ccc(N2CCC(C(C)(C)C)C2)cn1. The molecule has 1 unspecified atom stereocenters. The standard InChI is InChI=1S/C15H24N2O/c1-11(18)14-6-5-13(9-16-14)17-8-7-12(10-17)15(2,3)4/h5-6,9,11-12,18H,7-8,10H2,1-4H3/t11-,12?/m0/s1. The highest BCUT2D eigenvalue weighted by atomic mass is 16.3. The number of hydrogen-bond acceptors (Lipinski definition) is 3. The van der Waals surface area contributed by atoms with Crippen molar-refractivity contribution in [3.05, 3.63) is 24.0 Å². The Kier molecular flexibility index (Phi) is 3.62. The van der Waals surface area contributed by atoms with Crippen molar-refractivity contribution >= 4 is 5.69 Å². The molecule has 1 aromatic rings. The van der Waals surface area contributed by atoms with Crippen molar-refractivity contribution < 1.29 is 5.11 Å². The molecule has 3 nitrogen and oxygen atoms in total. The van der Waals surface area contributed by atoms with Crippen LogP contribution in [0.5, 0.6) is 0 Å². The highest BCUT2D eigenvalue weighted by Gasteiger charge is 2.31. The third-order valence-corrected chi connectivity index (χ3v) is 3.98. The van der Waals surface area contributed by atoms with Crippen LogP contribution in [0.25, 0.3) is 0 Å². The van der Waals surface area contributed by atoms with E-state index in [1.54, 1.807) is 6.92 Å². The van der Waals surface area contributed by atoms with E-state index in [2.05, 4.69) is 36.7 Å². The lowest BCUT2D eigenvalue weighted by molar-refractivity contribution is 0.194. The summed E-state index contributed by atoms with van der Waals surface area (Å²) < 4.78 is 0. The van der Waals surface area contributed by atoms with E-state index in [1.165, 1.54) is 12.1 Å². The quantitative estimate of drug-likeness (QED) is 0.874. The first-order valence-corrected chi connectivity index (χ1v) is 6.77. The molecule has 0 radical (unpaired) electrons. The van der Waals surface area contributed by atoms with E-state index in [-0.39, 0.29) is 0 Å². The summed E-state index contributed by atoms with van der Waals surface area (Å²) in [6, 6.07) is 3.99. The van der Waals surface area contributed by atoms with Crippen molar-refractivity contribution in [2.24, 2.45) is 11.3 Å². The lowest BCUT2D eigenvalue weighted by atomic mass is 9.80. The Morgan fingerprint density at radius 2 is 2.11 bits per heavy atom. The summed E-state index contributed by atoms with van der Waals surface area (Å²) in [4.78, 5) is 6.72. The molecule has 0 bridgehead atoms. The Hall–Kier alpha value is -1.09. The molecule has 1 saturated heterocycles. The van der Waals surface area contributed by atoms with Gasteiger partial charge in [0, 0.05) is 13.1 Å². The molecule has 18 heavy (non-hydrogen) atoms. The summed E-state index contributed by atoms with van der Waals surface area (Å²) in [5.74, 6) is 0.744. The Balaban J connectivity index is 2.05. The number of anilines is 1. The summed E-state index contributed by atoms with van der Waals surface area (Å²) in [7, 11) is 0. The highest BCUT2D eigenvalue weighted by Crippen LogP contribution is 2.35. The number of aliphatic hydroxyl groups excluding tert-OH is 1. The average molecular weight is 248 g/mol. The topological polar surface area (TPSA) is 36.4 Å². The maximum Gasteiger partial charge on any atom is 0.0931 e. The van der Waals surface area contributed by atoms with Crippen LogP contribution < -0.4 is 4.90 Å². The van der Waals surface area contributed by atoms with Gasteiger partial charge in [0.1, 0.15) is 0 Å². The van der Waals surface area contributed by atoms with Crippen LogP contribution in [0.2, 0.25) is 0 Å². The van der Waals surface area contributed by atoms with Crippen molar-refractivity contribution in [3.63, 3.8) is 0 Å². The molecule has 1 aromatic heterocycles. The van der Waals surface area contributed by atoms with E-state index in [0.29, 0.717) is 5.41 Å². The zero-order valence-electron chi connectivity index (χ0n) is 11.8. The lowest BCUT2D eigenvalue weighted by Gasteiger charge is -2.27. The van der Waals surface area contributed by atoms with Gasteiger partial charge in [-0.15, -0.1) is 0 Å². The normalized spacial score (nSPS) is 22.3. The minimum atomic E-state index is -0.486. The molecule has 0 aromatic carbocycles. The smallest absolute Gasteiger partial charge is 0.0931 e. The number of hydrogen-bond donors (Lipinski definition) is 1. The summed E-state index contributed by atoms with van der Waals surface area (Å²) >= 11 is 0. The minimum Gasteiger partial charge on any atom is -0.387 e. The molecule has 100 valence electrons. The van der Waals surface area contributed by atoms with Gasteiger partial charge in [0.05, 0.1) is 23.7 Å². The number of rotatable bonds is 2. The molecular formula is C15H24N2O. The van der Waals surface area contributed by atoms with Gasteiger partial charge in [-0.1, -0.05) is 20.8 Å². The zero-order chi connectivity index (χ0) is 13.3. The van der Waals surface area contributed by atoms with E-state index in [9.17, 15) is 5.11 Å². The van der Waals surface area contributed by atoms with E-state index >= 15 is 0 Å². The first kappa shape index (κ1) is 13.3. The van der Waals surface area contributed by atoms with Crippen molar-refractivity contribution in [2.75, 3.05) is 18.0 Å². The zero-order valence-corrected chi connectivity index (χ0v) is 11.8. The van der Waals surface area contributed by atoms with Crippen LogP contribution in [0.3, 0.4) is 0 Å². The van der Waals surface area contributed by atoms with E-state index in [4.69, 9.17) is 0 Å². The Labute approximate surface area is 110 Å². The summed E-state index contributed by atoms with van der Waals surface area (Å²) in [6.45, 7) is 10.9. The number of aliphatic hydroxyl groups is 1. The molecule has 1 aliphatic rings. The summed E-state index contributed by atoms with van der Waals surface area (Å²) in [5, 5.41) is 9.45. The van der Waals surface area contributed by atoms with Crippen LogP contribution in [0.15, 0.2) is 18.3 Å². The maximum absolute atomic E-state index is 9.45. The van der Waals surface area contributed by atoms with Gasteiger partial charge in [-0.2, -0.15) is 0 Å². The second-order valence-corrected chi connectivity index (χ2v) is 6.41. The molecule has 1 fully saturated rings. The number of pyridine rings is 1. The van der Waals surface area contributed by atoms with Gasteiger partial charge >= 0.3 is 0 Å². The molecule has 0 amide bonds. The molecular weight excluding hydrogens is 224 g/mol. The third kappa shape index (κ3) is 2.83. The van der Waals surface area contributed by atoms with Gasteiger partial charge in [0.25, 0.3) is 0 Å². The number of aromatic nitrogens is 1. The Morgan fingerprint density at radius 1 is 1.39 bits per heavy atom. The molecule has 0 spiro atoms. The van der Waals surface area contributed by atoms with E-state index < -0.39 is 6.10 Å². The molecule has 1 N–H and O–H groups in total. The molecule has 1 aliphatic heterocycles. The van der Waals surface area contributed by atoms with Crippen molar-refractivity contribution in [3.8, 4) is 0 Å². The van der Waals surface area contributed by atoms with E-state index in [1.807, 2.05) is 12.3 Å². The van der Waals surface area contributed by atoms with Crippen molar-refractivity contribution in [1.29, 1.82) is 0 Å². The van der Waals surface area contributed by atoms with Crippen LogP contribution in [-0.2, 0) is 0 Å². The van der Waals surface area contributed by atoms with Gasteiger partial charge in [0.2, 0.25) is 0 Å².